The number of likely N-dealkylation sites (N-methyl/N-ethyl adjacent to an activating group) is 1. The molecule has 0 unspecified atom stereocenters. The number of anilines is 1. The number of aromatic nitrogens is 2. The van der Waals surface area contributed by atoms with Gasteiger partial charge in [0.15, 0.2) is 0 Å². The quantitative estimate of drug-likeness (QED) is 0.864. The van der Waals surface area contributed by atoms with Crippen molar-refractivity contribution in [2.24, 2.45) is 7.05 Å². The van der Waals surface area contributed by atoms with Crippen molar-refractivity contribution in [1.29, 1.82) is 0 Å². The van der Waals surface area contributed by atoms with Gasteiger partial charge in [-0.1, -0.05) is 12.1 Å². The third-order valence-electron chi connectivity index (χ3n) is 3.07. The monoisotopic (exact) mass is 275 g/mol. The van der Waals surface area contributed by atoms with Gasteiger partial charge >= 0.3 is 0 Å². The van der Waals surface area contributed by atoms with Crippen molar-refractivity contribution in [2.75, 3.05) is 18.6 Å². The number of carbonyl (C=O) groups excluding carboxylic acids is 1. The zero-order valence-corrected chi connectivity index (χ0v) is 12.7. The molecule has 0 saturated heterocycles. The molecule has 108 valence electrons. The van der Waals surface area contributed by atoms with Gasteiger partial charge < -0.3 is 9.30 Å². The van der Waals surface area contributed by atoms with Crippen LogP contribution in [0.3, 0.4) is 0 Å². The molecule has 0 radical (unpaired) electrons. The van der Waals surface area contributed by atoms with Gasteiger partial charge in [-0.25, -0.2) is 4.98 Å². The van der Waals surface area contributed by atoms with Crippen molar-refractivity contribution < 1.29 is 9.53 Å². The second-order valence-corrected chi connectivity index (χ2v) is 5.81. The fourth-order valence-corrected chi connectivity index (χ4v) is 1.92. The Balaban J connectivity index is 2.20. The maximum Gasteiger partial charge on any atom is 0.255 e. The van der Waals surface area contributed by atoms with Crippen LogP contribution in [0.4, 0.5) is 5.95 Å². The van der Waals surface area contributed by atoms with Gasteiger partial charge in [0.2, 0.25) is 5.95 Å². The summed E-state index contributed by atoms with van der Waals surface area (Å²) in [4.78, 5) is 18.2. The van der Waals surface area contributed by atoms with E-state index in [0.29, 0.717) is 5.95 Å². The topological polar surface area (TPSA) is 47.4 Å². The first-order valence-corrected chi connectivity index (χ1v) is 6.61. The number of para-hydroxylation sites is 2. The summed E-state index contributed by atoms with van der Waals surface area (Å²) in [6.07, 6.45) is 0. The van der Waals surface area contributed by atoms with Crippen LogP contribution in [0, 0.1) is 0 Å². The average Bonchev–Trinajstić information content (AvgIpc) is 2.72. The van der Waals surface area contributed by atoms with E-state index in [1.54, 1.807) is 7.05 Å². The highest BCUT2D eigenvalue weighted by Crippen LogP contribution is 2.20. The molecule has 1 amide bonds. The molecule has 0 aliphatic carbocycles. The van der Waals surface area contributed by atoms with Crippen molar-refractivity contribution in [3.8, 4) is 0 Å². The van der Waals surface area contributed by atoms with E-state index in [4.69, 9.17) is 4.74 Å². The molecule has 0 N–H and O–H groups in total. The van der Waals surface area contributed by atoms with Gasteiger partial charge in [0, 0.05) is 14.1 Å². The Kier molecular flexibility index (Phi) is 3.81. The zero-order valence-electron chi connectivity index (χ0n) is 12.7. The number of hydrogen-bond acceptors (Lipinski definition) is 3. The summed E-state index contributed by atoms with van der Waals surface area (Å²) >= 11 is 0. The summed E-state index contributed by atoms with van der Waals surface area (Å²) < 4.78 is 7.43. The van der Waals surface area contributed by atoms with Crippen LogP contribution in [0.15, 0.2) is 24.3 Å². The van der Waals surface area contributed by atoms with Gasteiger partial charge in [-0.3, -0.25) is 9.69 Å². The van der Waals surface area contributed by atoms with Crippen LogP contribution in [0.2, 0.25) is 0 Å². The van der Waals surface area contributed by atoms with Gasteiger partial charge in [0.1, 0.15) is 6.61 Å². The largest absolute Gasteiger partial charge is 0.366 e. The number of hydrogen-bond donors (Lipinski definition) is 0. The SMILES string of the molecule is CN(C(=O)COC(C)(C)C)c1nc2ccccc2n1C. The molecule has 5 nitrogen and oxygen atoms in total. The number of rotatable bonds is 3. The number of amides is 1. The number of carbonyl (C=O) groups is 1. The van der Waals surface area contributed by atoms with E-state index in [-0.39, 0.29) is 18.1 Å². The second kappa shape index (κ2) is 5.25. The molecule has 5 heteroatoms. The lowest BCUT2D eigenvalue weighted by atomic mass is 10.2. The summed E-state index contributed by atoms with van der Waals surface area (Å²) in [5.41, 5.74) is 1.54. The third kappa shape index (κ3) is 2.99. The van der Waals surface area contributed by atoms with Crippen molar-refractivity contribution >= 4 is 22.9 Å². The summed E-state index contributed by atoms with van der Waals surface area (Å²) in [5, 5.41) is 0. The molecule has 2 rings (SSSR count). The summed E-state index contributed by atoms with van der Waals surface area (Å²) in [5.74, 6) is 0.507. The average molecular weight is 275 g/mol. The number of imidazole rings is 1. The Morgan fingerprint density at radius 2 is 2.00 bits per heavy atom. The standard InChI is InChI=1S/C15H21N3O2/c1-15(2,3)20-10-13(19)18(5)14-16-11-8-6-7-9-12(11)17(14)4/h6-9H,10H2,1-5H3. The Hall–Kier alpha value is -1.88. The van der Waals surface area contributed by atoms with Gasteiger partial charge in [-0.2, -0.15) is 0 Å². The molecule has 0 fully saturated rings. The number of benzene rings is 1. The van der Waals surface area contributed by atoms with Crippen LogP contribution in [0.25, 0.3) is 11.0 Å². The molecule has 1 aromatic carbocycles. The van der Waals surface area contributed by atoms with Crippen LogP contribution >= 0.6 is 0 Å². The van der Waals surface area contributed by atoms with Crippen LogP contribution in [-0.4, -0.2) is 34.7 Å². The van der Waals surface area contributed by atoms with Crippen LogP contribution in [0.5, 0.6) is 0 Å². The van der Waals surface area contributed by atoms with Crippen LogP contribution in [-0.2, 0) is 16.6 Å². The van der Waals surface area contributed by atoms with E-state index in [9.17, 15) is 4.79 Å². The Morgan fingerprint density at radius 1 is 1.35 bits per heavy atom. The number of ether oxygens (including phenoxy) is 1. The van der Waals surface area contributed by atoms with E-state index >= 15 is 0 Å². The zero-order chi connectivity index (χ0) is 14.9. The van der Waals surface area contributed by atoms with Gasteiger partial charge in [-0.15, -0.1) is 0 Å². The van der Waals surface area contributed by atoms with E-state index in [2.05, 4.69) is 4.98 Å². The molecule has 0 spiro atoms. The fraction of sp³-hybridized carbons (Fsp3) is 0.467. The van der Waals surface area contributed by atoms with E-state index in [1.807, 2.05) is 56.7 Å². The van der Waals surface area contributed by atoms with E-state index in [0.717, 1.165) is 11.0 Å². The Morgan fingerprint density at radius 3 is 2.60 bits per heavy atom. The third-order valence-corrected chi connectivity index (χ3v) is 3.07. The minimum absolute atomic E-state index is 0.0448. The Bertz CT molecular complexity index is 626. The smallest absolute Gasteiger partial charge is 0.255 e. The van der Waals surface area contributed by atoms with E-state index in [1.165, 1.54) is 4.90 Å². The first kappa shape index (κ1) is 14.5. The first-order valence-electron chi connectivity index (χ1n) is 6.61. The normalized spacial score (nSPS) is 11.8. The number of aryl methyl sites for hydroxylation is 1. The fourth-order valence-electron chi connectivity index (χ4n) is 1.92. The predicted molar refractivity (Wildman–Crippen MR) is 79.8 cm³/mol. The molecule has 1 aromatic heterocycles. The summed E-state index contributed by atoms with van der Waals surface area (Å²) in [6.45, 7) is 5.82. The van der Waals surface area contributed by atoms with E-state index < -0.39 is 0 Å². The predicted octanol–water partition coefficient (Wildman–Crippen LogP) is 2.35. The molecule has 2 aromatic rings. The summed E-state index contributed by atoms with van der Waals surface area (Å²) in [7, 11) is 3.62. The van der Waals surface area contributed by atoms with Crippen molar-refractivity contribution in [1.82, 2.24) is 9.55 Å². The minimum Gasteiger partial charge on any atom is -0.366 e. The van der Waals surface area contributed by atoms with Gasteiger partial charge in [0.05, 0.1) is 16.6 Å². The van der Waals surface area contributed by atoms with Crippen molar-refractivity contribution in [2.45, 2.75) is 26.4 Å². The lowest BCUT2D eigenvalue weighted by Crippen LogP contribution is -2.35. The molecular formula is C15H21N3O2. The minimum atomic E-state index is -0.331. The number of fused-ring (bicyclic) bond motifs is 1. The summed E-state index contributed by atoms with van der Waals surface area (Å²) in [6, 6.07) is 7.81. The molecule has 0 saturated carbocycles. The van der Waals surface area contributed by atoms with Crippen LogP contribution in [0.1, 0.15) is 20.8 Å². The molecule has 0 aliphatic rings. The molecule has 0 aliphatic heterocycles. The highest BCUT2D eigenvalue weighted by Gasteiger charge is 2.20. The first-order chi connectivity index (χ1) is 9.29. The van der Waals surface area contributed by atoms with Gasteiger partial charge in [-0.05, 0) is 32.9 Å². The maximum absolute atomic E-state index is 12.2. The second-order valence-electron chi connectivity index (χ2n) is 5.81. The highest BCUT2D eigenvalue weighted by atomic mass is 16.5. The van der Waals surface area contributed by atoms with Gasteiger partial charge in [0.25, 0.3) is 5.91 Å². The lowest BCUT2D eigenvalue weighted by Gasteiger charge is -2.22. The maximum atomic E-state index is 12.2. The van der Waals surface area contributed by atoms with Crippen molar-refractivity contribution in [3.63, 3.8) is 0 Å². The lowest BCUT2D eigenvalue weighted by molar-refractivity contribution is -0.127. The molecule has 0 bridgehead atoms. The molecular weight excluding hydrogens is 254 g/mol. The number of nitrogens with zero attached hydrogens (tertiary/aromatic N) is 3. The molecule has 1 heterocycles. The molecule has 0 atom stereocenters. The Labute approximate surface area is 119 Å². The van der Waals surface area contributed by atoms with Crippen molar-refractivity contribution in [3.05, 3.63) is 24.3 Å². The van der Waals surface area contributed by atoms with Crippen LogP contribution < -0.4 is 4.90 Å². The molecule has 20 heavy (non-hydrogen) atoms. The highest BCUT2D eigenvalue weighted by molar-refractivity contribution is 5.94.